The standard InChI is InChI=1S/C8H10.C3H4O3/c1-7-5-3-4-6-8(7)2;1-2-4-6-5-3-1/h3-6H,1-2H3;1-2H,3H2. The van der Waals surface area contributed by atoms with Crippen molar-refractivity contribution >= 4 is 0 Å². The third-order valence-electron chi connectivity index (χ3n) is 1.83. The van der Waals surface area contributed by atoms with Crippen LogP contribution in [-0.4, -0.2) is 6.61 Å². The number of hydrogen-bond donors (Lipinski definition) is 0. The SMILES string of the molecule is C1=COOOC1.Cc1ccccc1C. The zero-order valence-electron chi connectivity index (χ0n) is 8.40. The Morgan fingerprint density at radius 1 is 1.07 bits per heavy atom. The zero-order chi connectivity index (χ0) is 10.2. The van der Waals surface area contributed by atoms with Gasteiger partial charge < -0.3 is 4.89 Å². The van der Waals surface area contributed by atoms with Gasteiger partial charge in [0.05, 0.1) is 0 Å². The fourth-order valence-electron chi connectivity index (χ4n) is 0.859. The van der Waals surface area contributed by atoms with E-state index >= 15 is 0 Å². The summed E-state index contributed by atoms with van der Waals surface area (Å²) >= 11 is 0. The molecule has 0 atom stereocenters. The van der Waals surface area contributed by atoms with Gasteiger partial charge in [-0.1, -0.05) is 24.3 Å². The highest BCUT2D eigenvalue weighted by Crippen LogP contribution is 2.02. The van der Waals surface area contributed by atoms with Crippen molar-refractivity contribution < 1.29 is 14.8 Å². The molecular weight excluding hydrogens is 180 g/mol. The van der Waals surface area contributed by atoms with Gasteiger partial charge in [-0.15, -0.1) is 0 Å². The van der Waals surface area contributed by atoms with Gasteiger partial charge in [-0.3, -0.25) is 0 Å². The Labute approximate surface area is 83.8 Å². The summed E-state index contributed by atoms with van der Waals surface area (Å²) in [6, 6.07) is 8.36. The fraction of sp³-hybridized carbons (Fsp3) is 0.273. The lowest BCUT2D eigenvalue weighted by Gasteiger charge is -1.99. The molecule has 1 aromatic rings. The summed E-state index contributed by atoms with van der Waals surface area (Å²) in [5.74, 6) is 0. The van der Waals surface area contributed by atoms with Gasteiger partial charge in [0.25, 0.3) is 0 Å². The van der Waals surface area contributed by atoms with E-state index in [4.69, 9.17) is 0 Å². The highest BCUT2D eigenvalue weighted by molar-refractivity contribution is 5.23. The second-order valence-corrected chi connectivity index (χ2v) is 2.90. The highest BCUT2D eigenvalue weighted by atomic mass is 17.5. The molecule has 0 amide bonds. The van der Waals surface area contributed by atoms with E-state index in [1.807, 2.05) is 0 Å². The van der Waals surface area contributed by atoms with Gasteiger partial charge in [0, 0.05) is 0 Å². The minimum Gasteiger partial charge on any atom is -0.317 e. The topological polar surface area (TPSA) is 27.7 Å². The van der Waals surface area contributed by atoms with Gasteiger partial charge in [0.15, 0.2) is 0 Å². The first-order chi connectivity index (χ1) is 6.80. The molecule has 1 heterocycles. The molecule has 76 valence electrons. The third kappa shape index (κ3) is 4.07. The maximum atomic E-state index is 4.26. The van der Waals surface area contributed by atoms with Crippen LogP contribution >= 0.6 is 0 Å². The molecule has 3 heteroatoms. The molecule has 0 radical (unpaired) electrons. The lowest BCUT2D eigenvalue weighted by atomic mass is 10.1. The molecule has 0 fully saturated rings. The van der Waals surface area contributed by atoms with Crippen molar-refractivity contribution in [3.8, 4) is 0 Å². The van der Waals surface area contributed by atoms with E-state index in [0.717, 1.165) is 0 Å². The quantitative estimate of drug-likeness (QED) is 0.594. The Morgan fingerprint density at radius 2 is 1.71 bits per heavy atom. The molecule has 1 aliphatic heterocycles. The summed E-state index contributed by atoms with van der Waals surface area (Å²) in [6.45, 7) is 4.71. The second kappa shape index (κ2) is 6.18. The van der Waals surface area contributed by atoms with Crippen LogP contribution in [0.1, 0.15) is 11.1 Å². The molecule has 1 aliphatic rings. The first kappa shape index (κ1) is 10.8. The summed E-state index contributed by atoms with van der Waals surface area (Å²) in [5.41, 5.74) is 2.74. The van der Waals surface area contributed by atoms with Crippen LogP contribution in [0.4, 0.5) is 0 Å². The largest absolute Gasteiger partial charge is 0.317 e. The van der Waals surface area contributed by atoms with Crippen LogP contribution < -0.4 is 0 Å². The molecule has 0 bridgehead atoms. The lowest BCUT2D eigenvalue weighted by Crippen LogP contribution is -1.96. The Morgan fingerprint density at radius 3 is 1.93 bits per heavy atom. The van der Waals surface area contributed by atoms with E-state index in [1.54, 1.807) is 6.08 Å². The molecule has 0 saturated heterocycles. The van der Waals surface area contributed by atoms with E-state index in [9.17, 15) is 0 Å². The first-order valence-electron chi connectivity index (χ1n) is 4.43. The van der Waals surface area contributed by atoms with Gasteiger partial charge in [-0.2, -0.15) is 4.89 Å². The van der Waals surface area contributed by atoms with Gasteiger partial charge in [-0.05, 0) is 36.1 Å². The Kier molecular flexibility index (Phi) is 4.75. The van der Waals surface area contributed by atoms with E-state index in [2.05, 4.69) is 52.9 Å². The van der Waals surface area contributed by atoms with Crippen LogP contribution in [0.5, 0.6) is 0 Å². The number of aryl methyl sites for hydroxylation is 2. The van der Waals surface area contributed by atoms with Crippen LogP contribution in [-0.2, 0) is 14.8 Å². The molecule has 0 spiro atoms. The van der Waals surface area contributed by atoms with Crippen LogP contribution in [0.3, 0.4) is 0 Å². The summed E-state index contributed by atoms with van der Waals surface area (Å²) in [6.07, 6.45) is 3.12. The van der Waals surface area contributed by atoms with Gasteiger partial charge in [0.1, 0.15) is 12.9 Å². The fourth-order valence-corrected chi connectivity index (χ4v) is 0.859. The number of benzene rings is 1. The van der Waals surface area contributed by atoms with Crippen LogP contribution in [0.15, 0.2) is 36.6 Å². The first-order valence-corrected chi connectivity index (χ1v) is 4.43. The van der Waals surface area contributed by atoms with E-state index < -0.39 is 0 Å². The Hall–Kier alpha value is -1.32. The van der Waals surface area contributed by atoms with Crippen molar-refractivity contribution in [2.24, 2.45) is 0 Å². The smallest absolute Gasteiger partial charge is 0.131 e. The molecule has 0 aliphatic carbocycles. The molecule has 0 N–H and O–H groups in total. The molecule has 3 nitrogen and oxygen atoms in total. The van der Waals surface area contributed by atoms with Crippen molar-refractivity contribution in [2.45, 2.75) is 13.8 Å². The molecule has 2 rings (SSSR count). The number of hydrogen-bond acceptors (Lipinski definition) is 3. The van der Waals surface area contributed by atoms with Crippen molar-refractivity contribution in [3.05, 3.63) is 47.7 Å². The van der Waals surface area contributed by atoms with Gasteiger partial charge >= 0.3 is 0 Å². The van der Waals surface area contributed by atoms with E-state index in [1.165, 1.54) is 17.4 Å². The van der Waals surface area contributed by atoms with E-state index in [0.29, 0.717) is 6.61 Å². The number of rotatable bonds is 0. The van der Waals surface area contributed by atoms with Gasteiger partial charge in [-0.25, -0.2) is 0 Å². The minimum absolute atomic E-state index is 0.472. The van der Waals surface area contributed by atoms with Crippen molar-refractivity contribution in [2.75, 3.05) is 6.61 Å². The van der Waals surface area contributed by atoms with Crippen molar-refractivity contribution in [1.82, 2.24) is 0 Å². The molecule has 0 saturated carbocycles. The lowest BCUT2D eigenvalue weighted by molar-refractivity contribution is -0.493. The normalized spacial score (nSPS) is 13.9. The Bertz CT molecular complexity index is 265. The van der Waals surface area contributed by atoms with Crippen LogP contribution in [0, 0.1) is 13.8 Å². The molecule has 0 aromatic heterocycles. The zero-order valence-corrected chi connectivity index (χ0v) is 8.40. The van der Waals surface area contributed by atoms with Crippen LogP contribution in [0.25, 0.3) is 0 Å². The molecular formula is C11H14O3. The predicted octanol–water partition coefficient (Wildman–Crippen LogP) is 2.70. The summed E-state index contributed by atoms with van der Waals surface area (Å²) in [4.78, 5) is 8.43. The average Bonchev–Trinajstić information content (AvgIpc) is 2.26. The minimum atomic E-state index is 0.472. The second-order valence-electron chi connectivity index (χ2n) is 2.90. The predicted molar refractivity (Wildman–Crippen MR) is 53.2 cm³/mol. The summed E-state index contributed by atoms with van der Waals surface area (Å²) in [5, 5.41) is 3.98. The Balaban J connectivity index is 0.000000146. The summed E-state index contributed by atoms with van der Waals surface area (Å²) in [7, 11) is 0. The molecule has 14 heavy (non-hydrogen) atoms. The molecule has 1 aromatic carbocycles. The van der Waals surface area contributed by atoms with Crippen molar-refractivity contribution in [3.63, 3.8) is 0 Å². The maximum absolute atomic E-state index is 4.26. The molecule has 0 unspecified atom stereocenters. The van der Waals surface area contributed by atoms with Crippen LogP contribution in [0.2, 0.25) is 0 Å². The van der Waals surface area contributed by atoms with E-state index in [-0.39, 0.29) is 0 Å². The van der Waals surface area contributed by atoms with Gasteiger partial charge in [0.2, 0.25) is 0 Å². The summed E-state index contributed by atoms with van der Waals surface area (Å²) < 4.78 is 0. The maximum Gasteiger partial charge on any atom is 0.131 e. The monoisotopic (exact) mass is 194 g/mol. The highest BCUT2D eigenvalue weighted by Gasteiger charge is 1.87. The third-order valence-corrected chi connectivity index (χ3v) is 1.83. The average molecular weight is 194 g/mol. The van der Waals surface area contributed by atoms with Crippen molar-refractivity contribution in [1.29, 1.82) is 0 Å².